The van der Waals surface area contributed by atoms with Crippen LogP contribution in [0.5, 0.6) is 5.75 Å². The van der Waals surface area contributed by atoms with E-state index < -0.39 is 0 Å². The second-order valence-corrected chi connectivity index (χ2v) is 6.19. The molecule has 0 aliphatic rings. The number of phenolic OH excluding ortho intramolecular Hbond substituents is 1. The number of benzene rings is 2. The number of hydrogen-bond acceptors (Lipinski definition) is 4. The summed E-state index contributed by atoms with van der Waals surface area (Å²) in [4.78, 5) is 11.7. The van der Waals surface area contributed by atoms with Crippen molar-refractivity contribution in [2.75, 3.05) is 11.9 Å². The molecule has 0 aromatic heterocycles. The van der Waals surface area contributed by atoms with Gasteiger partial charge in [0.15, 0.2) is 0 Å². The van der Waals surface area contributed by atoms with Crippen molar-refractivity contribution in [3.63, 3.8) is 0 Å². The quantitative estimate of drug-likeness (QED) is 0.506. The van der Waals surface area contributed by atoms with Gasteiger partial charge in [-0.2, -0.15) is 5.10 Å². The minimum absolute atomic E-state index is 0.0918. The van der Waals surface area contributed by atoms with Crippen LogP contribution in [0.2, 0.25) is 0 Å². The van der Waals surface area contributed by atoms with Gasteiger partial charge < -0.3 is 10.4 Å². The van der Waals surface area contributed by atoms with Crippen LogP contribution in [0.15, 0.2) is 56.5 Å². The fraction of sp³-hybridized carbons (Fsp3) is 0.0667. The van der Waals surface area contributed by atoms with Gasteiger partial charge in [-0.05, 0) is 42.5 Å². The normalized spacial score (nSPS) is 10.6. The first-order valence-corrected chi connectivity index (χ1v) is 7.93. The topological polar surface area (TPSA) is 73.7 Å². The van der Waals surface area contributed by atoms with E-state index in [0.29, 0.717) is 5.56 Å². The van der Waals surface area contributed by atoms with Crippen LogP contribution in [0.1, 0.15) is 5.56 Å². The third-order valence-corrected chi connectivity index (χ3v) is 3.70. The van der Waals surface area contributed by atoms with Crippen LogP contribution in [0.25, 0.3) is 0 Å². The molecule has 0 bridgehead atoms. The second kappa shape index (κ2) is 7.95. The van der Waals surface area contributed by atoms with Crippen LogP contribution in [0.4, 0.5) is 5.69 Å². The number of hydrazone groups is 1. The number of hydrogen-bond donors (Lipinski definition) is 3. The fourth-order valence-electron chi connectivity index (χ4n) is 1.59. The molecule has 7 heteroatoms. The van der Waals surface area contributed by atoms with E-state index in [4.69, 9.17) is 0 Å². The Morgan fingerprint density at radius 1 is 1.14 bits per heavy atom. The van der Waals surface area contributed by atoms with E-state index in [1.807, 2.05) is 24.3 Å². The first kappa shape index (κ1) is 16.5. The zero-order chi connectivity index (χ0) is 15.9. The highest BCUT2D eigenvalue weighted by Crippen LogP contribution is 2.19. The molecule has 0 saturated carbocycles. The minimum atomic E-state index is -0.284. The van der Waals surface area contributed by atoms with Gasteiger partial charge in [0, 0.05) is 20.2 Å². The number of carbonyl (C=O) groups is 1. The Morgan fingerprint density at radius 2 is 1.82 bits per heavy atom. The average molecular weight is 427 g/mol. The number of rotatable bonds is 5. The van der Waals surface area contributed by atoms with Crippen molar-refractivity contribution in [2.24, 2.45) is 5.10 Å². The molecule has 0 heterocycles. The largest absolute Gasteiger partial charge is 0.507 e. The highest BCUT2D eigenvalue weighted by Gasteiger charge is 2.01. The number of nitrogens with zero attached hydrogens (tertiary/aromatic N) is 1. The van der Waals surface area contributed by atoms with Crippen molar-refractivity contribution >= 4 is 49.7 Å². The molecule has 0 radical (unpaired) electrons. The predicted molar refractivity (Wildman–Crippen MR) is 94.2 cm³/mol. The maximum Gasteiger partial charge on any atom is 0.259 e. The lowest BCUT2D eigenvalue weighted by molar-refractivity contribution is -0.119. The van der Waals surface area contributed by atoms with Gasteiger partial charge >= 0.3 is 0 Å². The second-order valence-electron chi connectivity index (χ2n) is 4.36. The minimum Gasteiger partial charge on any atom is -0.507 e. The molecule has 114 valence electrons. The van der Waals surface area contributed by atoms with Crippen molar-refractivity contribution < 1.29 is 9.90 Å². The lowest BCUT2D eigenvalue weighted by atomic mass is 10.2. The first-order valence-electron chi connectivity index (χ1n) is 6.34. The molecule has 0 atom stereocenters. The molecule has 2 aromatic rings. The van der Waals surface area contributed by atoms with Gasteiger partial charge in [0.05, 0.1) is 12.8 Å². The number of phenols is 1. The van der Waals surface area contributed by atoms with Gasteiger partial charge in [-0.1, -0.05) is 31.9 Å². The van der Waals surface area contributed by atoms with Crippen molar-refractivity contribution in [2.45, 2.75) is 0 Å². The van der Waals surface area contributed by atoms with E-state index in [-0.39, 0.29) is 18.2 Å². The van der Waals surface area contributed by atoms with Crippen LogP contribution < -0.4 is 10.7 Å². The molecule has 0 saturated heterocycles. The molecule has 0 spiro atoms. The summed E-state index contributed by atoms with van der Waals surface area (Å²) in [5, 5.41) is 16.4. The SMILES string of the molecule is O=C(CNc1ccc(Br)cc1)N/N=C/c1cc(Br)ccc1O. The Bertz CT molecular complexity index is 688. The monoisotopic (exact) mass is 425 g/mol. The summed E-state index contributed by atoms with van der Waals surface area (Å²) in [7, 11) is 0. The summed E-state index contributed by atoms with van der Waals surface area (Å²) in [6.45, 7) is 0.101. The van der Waals surface area contributed by atoms with Crippen LogP contribution in [0.3, 0.4) is 0 Å². The molecule has 1 amide bonds. The van der Waals surface area contributed by atoms with E-state index in [1.54, 1.807) is 18.2 Å². The van der Waals surface area contributed by atoms with Gasteiger partial charge in [-0.3, -0.25) is 4.79 Å². The Labute approximate surface area is 144 Å². The van der Waals surface area contributed by atoms with Crippen LogP contribution in [-0.4, -0.2) is 23.8 Å². The van der Waals surface area contributed by atoms with E-state index in [9.17, 15) is 9.90 Å². The molecule has 5 nitrogen and oxygen atoms in total. The van der Waals surface area contributed by atoms with Crippen molar-refractivity contribution in [3.8, 4) is 5.75 Å². The zero-order valence-corrected chi connectivity index (χ0v) is 14.6. The Hall–Kier alpha value is -1.86. The molecule has 0 fully saturated rings. The van der Waals surface area contributed by atoms with E-state index >= 15 is 0 Å². The Balaban J connectivity index is 1.83. The van der Waals surface area contributed by atoms with Gasteiger partial charge in [0.2, 0.25) is 0 Å². The molecule has 0 aliphatic heterocycles. The van der Waals surface area contributed by atoms with Gasteiger partial charge in [-0.15, -0.1) is 0 Å². The summed E-state index contributed by atoms with van der Waals surface area (Å²) >= 11 is 6.64. The van der Waals surface area contributed by atoms with E-state index in [1.165, 1.54) is 6.21 Å². The van der Waals surface area contributed by atoms with E-state index in [2.05, 4.69) is 47.7 Å². The number of amides is 1. The lowest BCUT2D eigenvalue weighted by Gasteiger charge is -2.05. The summed E-state index contributed by atoms with van der Waals surface area (Å²) in [5.41, 5.74) is 3.74. The zero-order valence-electron chi connectivity index (χ0n) is 11.4. The van der Waals surface area contributed by atoms with Gasteiger partial charge in [0.1, 0.15) is 5.75 Å². The third-order valence-electron chi connectivity index (χ3n) is 2.68. The summed E-state index contributed by atoms with van der Waals surface area (Å²) in [5.74, 6) is -0.192. The van der Waals surface area contributed by atoms with Crippen LogP contribution >= 0.6 is 31.9 Å². The maximum atomic E-state index is 11.7. The third kappa shape index (κ3) is 5.16. The molecular weight excluding hydrogens is 414 g/mol. The number of anilines is 1. The smallest absolute Gasteiger partial charge is 0.259 e. The molecule has 0 aliphatic carbocycles. The molecular formula is C15H13Br2N3O2. The van der Waals surface area contributed by atoms with Crippen molar-refractivity contribution in [3.05, 3.63) is 57.0 Å². The average Bonchev–Trinajstić information content (AvgIpc) is 2.50. The van der Waals surface area contributed by atoms with E-state index in [0.717, 1.165) is 14.6 Å². The van der Waals surface area contributed by atoms with Crippen molar-refractivity contribution in [1.82, 2.24) is 5.43 Å². The lowest BCUT2D eigenvalue weighted by Crippen LogP contribution is -2.25. The highest BCUT2D eigenvalue weighted by atomic mass is 79.9. The molecule has 22 heavy (non-hydrogen) atoms. The maximum absolute atomic E-state index is 11.7. The van der Waals surface area contributed by atoms with Crippen LogP contribution in [-0.2, 0) is 4.79 Å². The van der Waals surface area contributed by atoms with Gasteiger partial charge in [0.25, 0.3) is 5.91 Å². The summed E-state index contributed by atoms with van der Waals surface area (Å²) in [6.07, 6.45) is 1.39. The van der Waals surface area contributed by atoms with Crippen LogP contribution in [0, 0.1) is 0 Å². The number of carbonyl (C=O) groups excluding carboxylic acids is 1. The number of halogens is 2. The van der Waals surface area contributed by atoms with Crippen molar-refractivity contribution in [1.29, 1.82) is 0 Å². The number of nitrogens with one attached hydrogen (secondary N) is 2. The summed E-state index contributed by atoms with van der Waals surface area (Å²) < 4.78 is 1.79. The first-order chi connectivity index (χ1) is 10.5. The highest BCUT2D eigenvalue weighted by molar-refractivity contribution is 9.10. The molecule has 2 rings (SSSR count). The predicted octanol–water partition coefficient (Wildman–Crippen LogP) is 3.48. The molecule has 2 aromatic carbocycles. The Morgan fingerprint density at radius 3 is 2.55 bits per heavy atom. The number of aromatic hydroxyl groups is 1. The summed E-state index contributed by atoms with van der Waals surface area (Å²) in [6, 6.07) is 12.4. The molecule has 0 unspecified atom stereocenters. The fourth-order valence-corrected chi connectivity index (χ4v) is 2.24. The Kier molecular flexibility index (Phi) is 5.97. The van der Waals surface area contributed by atoms with Gasteiger partial charge in [-0.25, -0.2) is 5.43 Å². The standard InChI is InChI=1S/C15H13Br2N3O2/c16-11-1-4-13(5-2-11)18-9-15(22)20-19-8-10-7-12(17)3-6-14(10)21/h1-8,18,21H,9H2,(H,20,22)/b19-8+. The molecule has 3 N–H and O–H groups in total.